The molecule has 1 heterocycles. The fraction of sp³-hybridized carbons (Fsp3) is 0.667. The number of aromatic nitrogens is 3. The minimum absolute atomic E-state index is 0.113. The maximum atomic E-state index is 10.8. The average Bonchev–Trinajstić information content (AvgIpc) is 2.51. The molecule has 0 aliphatic heterocycles. The van der Waals surface area contributed by atoms with E-state index in [0.29, 0.717) is 5.82 Å². The van der Waals surface area contributed by atoms with Crippen LogP contribution in [0.15, 0.2) is 6.33 Å². The van der Waals surface area contributed by atoms with Crippen molar-refractivity contribution in [1.29, 1.82) is 0 Å². The summed E-state index contributed by atoms with van der Waals surface area (Å²) in [6.45, 7) is 5.51. The molecule has 0 saturated carbocycles. The molecule has 1 rings (SSSR count). The van der Waals surface area contributed by atoms with Gasteiger partial charge in [0.05, 0.1) is 6.54 Å². The Labute approximate surface area is 88.1 Å². The molecule has 6 nitrogen and oxygen atoms in total. The third kappa shape index (κ3) is 2.76. The molecule has 1 aromatic rings. The molecule has 0 radical (unpaired) electrons. The number of carboxylic acid groups (broad SMARTS) is 1. The van der Waals surface area contributed by atoms with Gasteiger partial charge in [0.15, 0.2) is 5.82 Å². The van der Waals surface area contributed by atoms with Crippen LogP contribution < -0.4 is 5.73 Å². The molecule has 15 heavy (non-hydrogen) atoms. The lowest BCUT2D eigenvalue weighted by Crippen LogP contribution is -2.48. The molecule has 1 aromatic heterocycles. The Morgan fingerprint density at radius 1 is 1.73 bits per heavy atom. The van der Waals surface area contributed by atoms with Crippen LogP contribution in [0, 0.1) is 0 Å². The van der Waals surface area contributed by atoms with E-state index in [9.17, 15) is 4.79 Å². The normalized spacial score (nSPS) is 15.3. The van der Waals surface area contributed by atoms with Gasteiger partial charge in [0, 0.05) is 5.92 Å². The van der Waals surface area contributed by atoms with Crippen molar-refractivity contribution in [2.24, 2.45) is 5.73 Å². The van der Waals surface area contributed by atoms with Crippen LogP contribution in [0.3, 0.4) is 0 Å². The largest absolute Gasteiger partial charge is 0.480 e. The van der Waals surface area contributed by atoms with Crippen molar-refractivity contribution in [2.45, 2.75) is 38.8 Å². The van der Waals surface area contributed by atoms with Crippen LogP contribution in [0.2, 0.25) is 0 Å². The Balaban J connectivity index is 2.77. The zero-order valence-corrected chi connectivity index (χ0v) is 9.14. The van der Waals surface area contributed by atoms with Crippen LogP contribution in [0.4, 0.5) is 0 Å². The number of rotatable bonds is 4. The summed E-state index contributed by atoms with van der Waals surface area (Å²) in [7, 11) is 0. The van der Waals surface area contributed by atoms with E-state index in [-0.39, 0.29) is 12.5 Å². The fourth-order valence-electron chi connectivity index (χ4n) is 1.05. The second-order valence-corrected chi connectivity index (χ2v) is 4.18. The number of hydrogen-bond donors (Lipinski definition) is 2. The van der Waals surface area contributed by atoms with Gasteiger partial charge in [0.1, 0.15) is 11.9 Å². The highest BCUT2D eigenvalue weighted by Gasteiger charge is 2.29. The molecular formula is C9H16N4O2. The van der Waals surface area contributed by atoms with Gasteiger partial charge < -0.3 is 10.8 Å². The first kappa shape index (κ1) is 11.6. The van der Waals surface area contributed by atoms with Gasteiger partial charge in [-0.1, -0.05) is 13.8 Å². The Morgan fingerprint density at radius 2 is 2.33 bits per heavy atom. The van der Waals surface area contributed by atoms with Crippen molar-refractivity contribution in [3.05, 3.63) is 12.2 Å². The van der Waals surface area contributed by atoms with Gasteiger partial charge in [0.25, 0.3) is 0 Å². The summed E-state index contributed by atoms with van der Waals surface area (Å²) in [5.41, 5.74) is 4.27. The lowest BCUT2D eigenvalue weighted by molar-refractivity contribution is -0.143. The maximum absolute atomic E-state index is 10.8. The van der Waals surface area contributed by atoms with Gasteiger partial charge in [0.2, 0.25) is 0 Å². The van der Waals surface area contributed by atoms with E-state index in [1.54, 1.807) is 0 Å². The standard InChI is InChI=1S/C9H16N4O2/c1-6(2)7-11-5-13(12-7)4-9(3,10)8(14)15/h5-6H,4,10H2,1-3H3,(H,14,15). The van der Waals surface area contributed by atoms with Gasteiger partial charge in [-0.05, 0) is 6.92 Å². The number of hydrogen-bond acceptors (Lipinski definition) is 4. The number of nitrogens with two attached hydrogens (primary N) is 1. The van der Waals surface area contributed by atoms with E-state index in [1.165, 1.54) is 17.9 Å². The topological polar surface area (TPSA) is 94.0 Å². The molecule has 0 amide bonds. The number of carbonyl (C=O) groups is 1. The van der Waals surface area contributed by atoms with Crippen molar-refractivity contribution in [1.82, 2.24) is 14.8 Å². The molecular weight excluding hydrogens is 196 g/mol. The van der Waals surface area contributed by atoms with Gasteiger partial charge in [-0.3, -0.25) is 9.48 Å². The summed E-state index contributed by atoms with van der Waals surface area (Å²) in [5.74, 6) is -0.139. The molecule has 1 unspecified atom stereocenters. The fourth-order valence-corrected chi connectivity index (χ4v) is 1.05. The van der Waals surface area contributed by atoms with Crippen molar-refractivity contribution in [3.63, 3.8) is 0 Å². The van der Waals surface area contributed by atoms with E-state index < -0.39 is 11.5 Å². The zero-order chi connectivity index (χ0) is 11.6. The van der Waals surface area contributed by atoms with Crippen molar-refractivity contribution >= 4 is 5.97 Å². The first-order chi connectivity index (χ1) is 6.83. The van der Waals surface area contributed by atoms with Crippen molar-refractivity contribution < 1.29 is 9.90 Å². The molecule has 0 aliphatic carbocycles. The van der Waals surface area contributed by atoms with Crippen LogP contribution in [-0.4, -0.2) is 31.4 Å². The molecule has 0 saturated heterocycles. The summed E-state index contributed by atoms with van der Waals surface area (Å²) < 4.78 is 1.46. The van der Waals surface area contributed by atoms with E-state index >= 15 is 0 Å². The lowest BCUT2D eigenvalue weighted by atomic mass is 10.1. The third-order valence-electron chi connectivity index (χ3n) is 2.05. The molecule has 0 aromatic carbocycles. The monoisotopic (exact) mass is 212 g/mol. The highest BCUT2D eigenvalue weighted by molar-refractivity contribution is 5.77. The van der Waals surface area contributed by atoms with E-state index in [2.05, 4.69) is 10.1 Å². The van der Waals surface area contributed by atoms with Crippen LogP contribution in [0.1, 0.15) is 32.5 Å². The minimum Gasteiger partial charge on any atom is -0.480 e. The van der Waals surface area contributed by atoms with Crippen LogP contribution in [0.5, 0.6) is 0 Å². The van der Waals surface area contributed by atoms with Gasteiger partial charge >= 0.3 is 5.97 Å². The van der Waals surface area contributed by atoms with E-state index in [4.69, 9.17) is 10.8 Å². The predicted molar refractivity (Wildman–Crippen MR) is 54.3 cm³/mol. The first-order valence-corrected chi connectivity index (χ1v) is 4.74. The van der Waals surface area contributed by atoms with Crippen molar-refractivity contribution in [2.75, 3.05) is 0 Å². The maximum Gasteiger partial charge on any atom is 0.325 e. The molecule has 0 spiro atoms. The molecule has 84 valence electrons. The average molecular weight is 212 g/mol. The van der Waals surface area contributed by atoms with Crippen molar-refractivity contribution in [3.8, 4) is 0 Å². The molecule has 0 fully saturated rings. The molecule has 6 heteroatoms. The number of nitrogens with zero attached hydrogens (tertiary/aromatic N) is 3. The quantitative estimate of drug-likeness (QED) is 0.743. The first-order valence-electron chi connectivity index (χ1n) is 4.74. The van der Waals surface area contributed by atoms with Crippen LogP contribution >= 0.6 is 0 Å². The second kappa shape index (κ2) is 3.98. The summed E-state index contributed by atoms with van der Waals surface area (Å²) in [6, 6.07) is 0. The highest BCUT2D eigenvalue weighted by Crippen LogP contribution is 2.09. The van der Waals surface area contributed by atoms with Gasteiger partial charge in [-0.15, -0.1) is 0 Å². The zero-order valence-electron chi connectivity index (χ0n) is 9.14. The summed E-state index contributed by atoms with van der Waals surface area (Å²) >= 11 is 0. The summed E-state index contributed by atoms with van der Waals surface area (Å²) in [6.07, 6.45) is 1.50. The number of carboxylic acids is 1. The van der Waals surface area contributed by atoms with E-state index in [1.807, 2.05) is 13.8 Å². The second-order valence-electron chi connectivity index (χ2n) is 4.18. The summed E-state index contributed by atoms with van der Waals surface area (Å²) in [4.78, 5) is 14.8. The van der Waals surface area contributed by atoms with Crippen LogP contribution in [-0.2, 0) is 11.3 Å². The van der Waals surface area contributed by atoms with Crippen LogP contribution in [0.25, 0.3) is 0 Å². The van der Waals surface area contributed by atoms with Gasteiger partial charge in [-0.2, -0.15) is 5.10 Å². The lowest BCUT2D eigenvalue weighted by Gasteiger charge is -2.18. The Kier molecular flexibility index (Phi) is 3.09. The smallest absolute Gasteiger partial charge is 0.325 e. The Bertz CT molecular complexity index is 357. The Hall–Kier alpha value is -1.43. The molecule has 0 aliphatic rings. The predicted octanol–water partition coefficient (Wildman–Crippen LogP) is 0.203. The third-order valence-corrected chi connectivity index (χ3v) is 2.05. The molecule has 3 N–H and O–H groups in total. The molecule has 0 bridgehead atoms. The SMILES string of the molecule is CC(C)c1ncn(CC(C)(N)C(=O)O)n1. The Morgan fingerprint density at radius 3 is 2.73 bits per heavy atom. The van der Waals surface area contributed by atoms with Gasteiger partial charge in [-0.25, -0.2) is 4.98 Å². The number of aliphatic carboxylic acids is 1. The highest BCUT2D eigenvalue weighted by atomic mass is 16.4. The minimum atomic E-state index is -1.32. The molecule has 1 atom stereocenters. The van der Waals surface area contributed by atoms with E-state index in [0.717, 1.165) is 0 Å². The summed E-state index contributed by atoms with van der Waals surface area (Å²) in [5, 5.41) is 13.0.